The van der Waals surface area contributed by atoms with Crippen LogP contribution in [0.3, 0.4) is 0 Å². The molecule has 0 aliphatic rings. The highest BCUT2D eigenvalue weighted by Crippen LogP contribution is 2.30. The van der Waals surface area contributed by atoms with Crippen molar-refractivity contribution in [3.63, 3.8) is 0 Å². The SMILES string of the molecule is CCOc1ccc(NC(=O)C(C)NS(=O)(=O)c2ccccc2)cc1S(=O)(=O)N(CC)CC. The summed E-state index contributed by atoms with van der Waals surface area (Å²) < 4.78 is 60.1. The molecule has 0 heterocycles. The zero-order chi connectivity index (χ0) is 23.9. The Morgan fingerprint density at radius 1 is 1.00 bits per heavy atom. The number of amides is 1. The van der Waals surface area contributed by atoms with Crippen LogP contribution in [0.5, 0.6) is 5.75 Å². The van der Waals surface area contributed by atoms with Crippen molar-refractivity contribution < 1.29 is 26.4 Å². The second-order valence-electron chi connectivity index (χ2n) is 6.83. The van der Waals surface area contributed by atoms with E-state index >= 15 is 0 Å². The second-order valence-corrected chi connectivity index (χ2v) is 10.4. The fourth-order valence-corrected chi connectivity index (χ4v) is 5.81. The quantitative estimate of drug-likeness (QED) is 0.506. The van der Waals surface area contributed by atoms with Gasteiger partial charge in [0.15, 0.2) is 0 Å². The molecule has 0 aliphatic carbocycles. The van der Waals surface area contributed by atoms with Crippen molar-refractivity contribution in [1.29, 1.82) is 0 Å². The summed E-state index contributed by atoms with van der Waals surface area (Å²) in [5, 5.41) is 2.57. The fraction of sp³-hybridized carbons (Fsp3) is 0.381. The molecule has 176 valence electrons. The Labute approximate surface area is 189 Å². The van der Waals surface area contributed by atoms with E-state index in [1.807, 2.05) is 0 Å². The third kappa shape index (κ3) is 6.06. The van der Waals surface area contributed by atoms with Crippen molar-refractivity contribution in [3.8, 4) is 5.75 Å². The van der Waals surface area contributed by atoms with Crippen LogP contribution in [0.4, 0.5) is 5.69 Å². The number of benzene rings is 2. The van der Waals surface area contributed by atoms with E-state index in [2.05, 4.69) is 10.0 Å². The maximum atomic E-state index is 13.0. The van der Waals surface area contributed by atoms with Gasteiger partial charge in [0.25, 0.3) is 0 Å². The maximum Gasteiger partial charge on any atom is 0.246 e. The lowest BCUT2D eigenvalue weighted by Crippen LogP contribution is -2.41. The van der Waals surface area contributed by atoms with Gasteiger partial charge in [0.2, 0.25) is 26.0 Å². The first-order valence-corrected chi connectivity index (χ1v) is 13.1. The Bertz CT molecular complexity index is 1130. The number of hydrogen-bond donors (Lipinski definition) is 2. The highest BCUT2D eigenvalue weighted by atomic mass is 32.2. The van der Waals surface area contributed by atoms with E-state index in [-0.39, 0.29) is 40.9 Å². The Kier molecular flexibility index (Phi) is 8.79. The average Bonchev–Trinajstić information content (AvgIpc) is 2.75. The lowest BCUT2D eigenvalue weighted by molar-refractivity contribution is -0.117. The van der Waals surface area contributed by atoms with E-state index in [9.17, 15) is 21.6 Å². The number of hydrogen-bond acceptors (Lipinski definition) is 6. The standard InChI is InChI=1S/C21H29N3O6S2/c1-5-24(6-2)32(28,29)20-15-17(13-14-19(20)30-7-3)22-21(25)16(4)23-31(26,27)18-11-9-8-10-12-18/h8-16,23H,5-7H2,1-4H3,(H,22,25). The predicted octanol–water partition coefficient (Wildman–Crippen LogP) is 2.42. The van der Waals surface area contributed by atoms with Crippen LogP contribution in [0.1, 0.15) is 27.7 Å². The fourth-order valence-electron chi connectivity index (χ4n) is 2.97. The molecule has 0 bridgehead atoms. The van der Waals surface area contributed by atoms with Gasteiger partial charge in [-0.15, -0.1) is 0 Å². The largest absolute Gasteiger partial charge is 0.492 e. The molecule has 32 heavy (non-hydrogen) atoms. The number of nitrogens with zero attached hydrogens (tertiary/aromatic N) is 1. The summed E-state index contributed by atoms with van der Waals surface area (Å²) in [6, 6.07) is 10.9. The van der Waals surface area contributed by atoms with Gasteiger partial charge in [-0.05, 0) is 44.2 Å². The van der Waals surface area contributed by atoms with E-state index in [4.69, 9.17) is 4.74 Å². The molecular formula is C21H29N3O6S2. The molecular weight excluding hydrogens is 454 g/mol. The van der Waals surface area contributed by atoms with Crippen LogP contribution in [0.25, 0.3) is 0 Å². The number of sulfonamides is 2. The van der Waals surface area contributed by atoms with Crippen LogP contribution in [-0.2, 0) is 24.8 Å². The van der Waals surface area contributed by atoms with Crippen molar-refractivity contribution in [2.24, 2.45) is 0 Å². The van der Waals surface area contributed by atoms with E-state index in [1.54, 1.807) is 39.0 Å². The van der Waals surface area contributed by atoms with Crippen LogP contribution in [-0.4, -0.2) is 52.8 Å². The first-order chi connectivity index (χ1) is 15.1. The molecule has 0 radical (unpaired) electrons. The van der Waals surface area contributed by atoms with E-state index < -0.39 is 32.0 Å². The zero-order valence-corrected chi connectivity index (χ0v) is 20.2. The molecule has 0 aliphatic heterocycles. The Morgan fingerprint density at radius 2 is 1.62 bits per heavy atom. The first kappa shape index (κ1) is 25.8. The number of carbonyl (C=O) groups is 1. The highest BCUT2D eigenvalue weighted by Gasteiger charge is 2.27. The third-order valence-electron chi connectivity index (χ3n) is 4.61. The minimum Gasteiger partial charge on any atom is -0.492 e. The normalized spacial score (nSPS) is 13.0. The topological polar surface area (TPSA) is 122 Å². The van der Waals surface area contributed by atoms with Gasteiger partial charge in [0, 0.05) is 18.8 Å². The highest BCUT2D eigenvalue weighted by molar-refractivity contribution is 7.89. The van der Waals surface area contributed by atoms with Gasteiger partial charge in [-0.2, -0.15) is 9.03 Å². The van der Waals surface area contributed by atoms with Crippen molar-refractivity contribution in [3.05, 3.63) is 48.5 Å². The summed E-state index contributed by atoms with van der Waals surface area (Å²) in [5.41, 5.74) is 0.204. The van der Waals surface area contributed by atoms with Gasteiger partial charge >= 0.3 is 0 Å². The van der Waals surface area contributed by atoms with Gasteiger partial charge in [-0.1, -0.05) is 32.0 Å². The number of anilines is 1. The van der Waals surface area contributed by atoms with Crippen LogP contribution in [0, 0.1) is 0 Å². The minimum atomic E-state index is -3.89. The lowest BCUT2D eigenvalue weighted by Gasteiger charge is -2.21. The van der Waals surface area contributed by atoms with Gasteiger partial charge in [0.05, 0.1) is 17.5 Å². The van der Waals surface area contributed by atoms with E-state index in [0.29, 0.717) is 0 Å². The number of nitrogens with one attached hydrogen (secondary N) is 2. The molecule has 0 saturated carbocycles. The van der Waals surface area contributed by atoms with E-state index in [1.165, 1.54) is 41.6 Å². The van der Waals surface area contributed by atoms with Crippen molar-refractivity contribution >= 4 is 31.6 Å². The summed E-state index contributed by atoms with van der Waals surface area (Å²) in [6.45, 7) is 7.42. The van der Waals surface area contributed by atoms with Crippen molar-refractivity contribution in [2.45, 2.75) is 43.5 Å². The molecule has 2 aromatic carbocycles. The smallest absolute Gasteiger partial charge is 0.246 e. The maximum absolute atomic E-state index is 13.0. The predicted molar refractivity (Wildman–Crippen MR) is 123 cm³/mol. The van der Waals surface area contributed by atoms with Crippen molar-refractivity contribution in [2.75, 3.05) is 25.0 Å². The molecule has 0 saturated heterocycles. The monoisotopic (exact) mass is 483 g/mol. The molecule has 1 amide bonds. The Morgan fingerprint density at radius 3 is 2.19 bits per heavy atom. The third-order valence-corrected chi connectivity index (χ3v) is 8.24. The Hall–Kier alpha value is -2.47. The molecule has 0 fully saturated rings. The Balaban J connectivity index is 2.28. The van der Waals surface area contributed by atoms with Gasteiger partial charge < -0.3 is 10.1 Å². The van der Waals surface area contributed by atoms with Gasteiger partial charge in [-0.3, -0.25) is 4.79 Å². The first-order valence-electron chi connectivity index (χ1n) is 10.2. The van der Waals surface area contributed by atoms with Crippen molar-refractivity contribution in [1.82, 2.24) is 9.03 Å². The molecule has 1 unspecified atom stereocenters. The molecule has 1 atom stereocenters. The van der Waals surface area contributed by atoms with E-state index in [0.717, 1.165) is 0 Å². The molecule has 2 aromatic rings. The van der Waals surface area contributed by atoms with Crippen LogP contribution in [0.15, 0.2) is 58.3 Å². The lowest BCUT2D eigenvalue weighted by atomic mass is 10.2. The summed E-state index contributed by atoms with van der Waals surface area (Å²) >= 11 is 0. The zero-order valence-electron chi connectivity index (χ0n) is 18.5. The molecule has 2 N–H and O–H groups in total. The number of rotatable bonds is 11. The average molecular weight is 484 g/mol. The summed E-state index contributed by atoms with van der Waals surface area (Å²) in [5.74, 6) is -0.463. The van der Waals surface area contributed by atoms with Crippen LogP contribution < -0.4 is 14.8 Å². The number of carbonyl (C=O) groups excluding carboxylic acids is 1. The molecule has 11 heteroatoms. The minimum absolute atomic E-state index is 0.0355. The molecule has 0 aromatic heterocycles. The van der Waals surface area contributed by atoms with Gasteiger partial charge in [0.1, 0.15) is 10.6 Å². The molecule has 9 nitrogen and oxygen atoms in total. The summed E-state index contributed by atoms with van der Waals surface area (Å²) in [6.07, 6.45) is 0. The number of ether oxygens (including phenoxy) is 1. The second kappa shape index (κ2) is 10.9. The van der Waals surface area contributed by atoms with Crippen LogP contribution in [0.2, 0.25) is 0 Å². The van der Waals surface area contributed by atoms with Gasteiger partial charge in [-0.25, -0.2) is 16.8 Å². The molecule has 2 rings (SSSR count). The summed E-state index contributed by atoms with van der Waals surface area (Å²) in [7, 11) is -7.75. The van der Waals surface area contributed by atoms with Crippen LogP contribution >= 0.6 is 0 Å². The summed E-state index contributed by atoms with van der Waals surface area (Å²) in [4.78, 5) is 12.6. The molecule has 0 spiro atoms.